The first kappa shape index (κ1) is 27.8. The standard InChI is InChI=1S/C35H36O4/c1-3-5-23-38-34-28(19-13-21-30(34)32(36)26-15-9-7-10-16-26)25-29-20-14-22-31(35(29)39-24-6-4-2)33(37)27-17-11-8-12-18-27/h7-22H,3-6,23-25H2,1-2H3. The van der Waals surface area contributed by atoms with Crippen molar-refractivity contribution in [3.05, 3.63) is 130 Å². The number of para-hydroxylation sites is 2. The van der Waals surface area contributed by atoms with Crippen molar-refractivity contribution in [2.24, 2.45) is 0 Å². The van der Waals surface area contributed by atoms with E-state index in [1.54, 1.807) is 0 Å². The molecule has 4 aromatic carbocycles. The molecule has 4 nitrogen and oxygen atoms in total. The summed E-state index contributed by atoms with van der Waals surface area (Å²) < 4.78 is 12.6. The van der Waals surface area contributed by atoms with Crippen LogP contribution in [0.3, 0.4) is 0 Å². The Morgan fingerprint density at radius 2 is 0.949 bits per heavy atom. The van der Waals surface area contributed by atoms with Crippen molar-refractivity contribution in [3.8, 4) is 11.5 Å². The summed E-state index contributed by atoms with van der Waals surface area (Å²) in [6.45, 7) is 5.27. The van der Waals surface area contributed by atoms with Crippen molar-refractivity contribution in [1.29, 1.82) is 0 Å². The molecule has 4 rings (SSSR count). The molecule has 0 saturated heterocycles. The van der Waals surface area contributed by atoms with Crippen LogP contribution in [0.25, 0.3) is 0 Å². The van der Waals surface area contributed by atoms with E-state index in [1.165, 1.54) is 0 Å². The molecule has 39 heavy (non-hydrogen) atoms. The van der Waals surface area contributed by atoms with Gasteiger partial charge >= 0.3 is 0 Å². The SMILES string of the molecule is CCCCOc1c(Cc2cccc(C(=O)c3ccccc3)c2OCCCC)cccc1C(=O)c1ccccc1. The number of ketones is 2. The molecular formula is C35H36O4. The molecule has 0 atom stereocenters. The van der Waals surface area contributed by atoms with Crippen LogP contribution in [0.5, 0.6) is 11.5 Å². The van der Waals surface area contributed by atoms with Crippen LogP contribution in [0.15, 0.2) is 97.1 Å². The molecule has 4 aromatic rings. The van der Waals surface area contributed by atoms with Gasteiger partial charge in [-0.05, 0) is 36.1 Å². The fourth-order valence-electron chi connectivity index (χ4n) is 4.48. The van der Waals surface area contributed by atoms with Crippen LogP contribution in [-0.2, 0) is 6.42 Å². The molecule has 0 N–H and O–H groups in total. The van der Waals surface area contributed by atoms with Crippen LogP contribution in [0.4, 0.5) is 0 Å². The Hall–Kier alpha value is -4.18. The first-order valence-electron chi connectivity index (χ1n) is 13.8. The van der Waals surface area contributed by atoms with E-state index in [4.69, 9.17) is 9.47 Å². The van der Waals surface area contributed by atoms with Crippen LogP contribution in [-0.4, -0.2) is 24.8 Å². The lowest BCUT2D eigenvalue weighted by Gasteiger charge is -2.19. The predicted octanol–water partition coefficient (Wildman–Crippen LogP) is 8.10. The molecule has 0 aliphatic rings. The smallest absolute Gasteiger partial charge is 0.196 e. The lowest BCUT2D eigenvalue weighted by Crippen LogP contribution is -2.11. The molecule has 4 heteroatoms. The van der Waals surface area contributed by atoms with Gasteiger partial charge in [0.25, 0.3) is 0 Å². The maximum absolute atomic E-state index is 13.5. The van der Waals surface area contributed by atoms with E-state index in [-0.39, 0.29) is 11.6 Å². The highest BCUT2D eigenvalue weighted by molar-refractivity contribution is 6.11. The van der Waals surface area contributed by atoms with Gasteiger partial charge in [-0.15, -0.1) is 0 Å². The van der Waals surface area contributed by atoms with E-state index in [1.807, 2.05) is 97.1 Å². The normalized spacial score (nSPS) is 10.7. The van der Waals surface area contributed by atoms with Gasteiger partial charge in [-0.3, -0.25) is 9.59 Å². The zero-order valence-corrected chi connectivity index (χ0v) is 22.8. The second-order valence-electron chi connectivity index (χ2n) is 9.56. The van der Waals surface area contributed by atoms with E-state index in [0.717, 1.165) is 36.8 Å². The number of hydrogen-bond acceptors (Lipinski definition) is 4. The summed E-state index contributed by atoms with van der Waals surface area (Å²) in [5.74, 6) is 1.05. The van der Waals surface area contributed by atoms with Crippen molar-refractivity contribution in [1.82, 2.24) is 0 Å². The van der Waals surface area contributed by atoms with Gasteiger partial charge in [-0.1, -0.05) is 112 Å². The van der Waals surface area contributed by atoms with Gasteiger partial charge in [0.1, 0.15) is 11.5 Å². The fourth-order valence-corrected chi connectivity index (χ4v) is 4.48. The number of carbonyl (C=O) groups is 2. The molecular weight excluding hydrogens is 484 g/mol. The molecule has 0 heterocycles. The number of hydrogen-bond donors (Lipinski definition) is 0. The van der Waals surface area contributed by atoms with Crippen molar-refractivity contribution in [2.75, 3.05) is 13.2 Å². The number of ether oxygens (including phenoxy) is 2. The van der Waals surface area contributed by atoms with Gasteiger partial charge in [0, 0.05) is 17.5 Å². The van der Waals surface area contributed by atoms with Gasteiger partial charge < -0.3 is 9.47 Å². The third-order valence-electron chi connectivity index (χ3n) is 6.62. The molecule has 0 aromatic heterocycles. The lowest BCUT2D eigenvalue weighted by atomic mass is 9.94. The van der Waals surface area contributed by atoms with E-state index in [9.17, 15) is 9.59 Å². The predicted molar refractivity (Wildman–Crippen MR) is 156 cm³/mol. The Labute approximate surface area is 231 Å². The van der Waals surface area contributed by atoms with Crippen LogP contribution < -0.4 is 9.47 Å². The Bertz CT molecular complexity index is 1270. The van der Waals surface area contributed by atoms with Gasteiger partial charge in [-0.25, -0.2) is 0 Å². The summed E-state index contributed by atoms with van der Waals surface area (Å²) in [6, 6.07) is 30.0. The highest BCUT2D eigenvalue weighted by Gasteiger charge is 2.22. The van der Waals surface area contributed by atoms with Crippen LogP contribution in [0.1, 0.15) is 82.5 Å². The van der Waals surface area contributed by atoms with E-state index >= 15 is 0 Å². The zero-order valence-electron chi connectivity index (χ0n) is 22.8. The summed E-state index contributed by atoms with van der Waals surface area (Å²) in [6.07, 6.45) is 4.22. The Morgan fingerprint density at radius 1 is 0.538 bits per heavy atom. The minimum Gasteiger partial charge on any atom is -0.493 e. The van der Waals surface area contributed by atoms with Crippen LogP contribution in [0.2, 0.25) is 0 Å². The first-order valence-corrected chi connectivity index (χ1v) is 13.8. The monoisotopic (exact) mass is 520 g/mol. The van der Waals surface area contributed by atoms with Crippen LogP contribution in [0, 0.1) is 0 Å². The average molecular weight is 521 g/mol. The molecule has 0 bridgehead atoms. The van der Waals surface area contributed by atoms with Crippen LogP contribution >= 0.6 is 0 Å². The second-order valence-corrected chi connectivity index (χ2v) is 9.56. The highest BCUT2D eigenvalue weighted by Crippen LogP contribution is 2.34. The lowest BCUT2D eigenvalue weighted by molar-refractivity contribution is 0.102. The van der Waals surface area contributed by atoms with E-state index in [0.29, 0.717) is 53.4 Å². The molecule has 0 amide bonds. The summed E-state index contributed by atoms with van der Waals surface area (Å²) in [5.41, 5.74) is 4.10. The Balaban J connectivity index is 1.76. The minimum absolute atomic E-state index is 0.0728. The maximum Gasteiger partial charge on any atom is 0.196 e. The summed E-state index contributed by atoms with van der Waals surface area (Å²) in [5, 5.41) is 0. The molecule has 0 radical (unpaired) electrons. The molecule has 0 aliphatic heterocycles. The molecule has 0 fully saturated rings. The quantitative estimate of drug-likeness (QED) is 0.125. The number of unbranched alkanes of at least 4 members (excludes halogenated alkanes) is 2. The first-order chi connectivity index (χ1) is 19.1. The second kappa shape index (κ2) is 14.1. The van der Waals surface area contributed by atoms with Gasteiger partial charge in [0.05, 0.1) is 24.3 Å². The summed E-state index contributed by atoms with van der Waals surface area (Å²) in [4.78, 5) is 27.0. The maximum atomic E-state index is 13.5. The van der Waals surface area contributed by atoms with Gasteiger partial charge in [0.15, 0.2) is 11.6 Å². The topological polar surface area (TPSA) is 52.6 Å². The summed E-state index contributed by atoms with van der Waals surface area (Å²) in [7, 11) is 0. The fraction of sp³-hybridized carbons (Fsp3) is 0.257. The average Bonchev–Trinajstić information content (AvgIpc) is 2.99. The van der Waals surface area contributed by atoms with E-state index in [2.05, 4.69) is 13.8 Å². The van der Waals surface area contributed by atoms with Gasteiger partial charge in [-0.2, -0.15) is 0 Å². The van der Waals surface area contributed by atoms with Crippen molar-refractivity contribution in [3.63, 3.8) is 0 Å². The number of benzene rings is 4. The van der Waals surface area contributed by atoms with Gasteiger partial charge in [0.2, 0.25) is 0 Å². The third kappa shape index (κ3) is 7.02. The van der Waals surface area contributed by atoms with Crippen molar-refractivity contribution >= 4 is 11.6 Å². The van der Waals surface area contributed by atoms with Crippen molar-refractivity contribution in [2.45, 2.75) is 46.0 Å². The molecule has 0 saturated carbocycles. The molecule has 0 spiro atoms. The Morgan fingerprint density at radius 3 is 1.33 bits per heavy atom. The minimum atomic E-state index is -0.0728. The summed E-state index contributed by atoms with van der Waals surface area (Å²) >= 11 is 0. The number of carbonyl (C=O) groups excluding carboxylic acids is 2. The van der Waals surface area contributed by atoms with Crippen molar-refractivity contribution < 1.29 is 19.1 Å². The third-order valence-corrected chi connectivity index (χ3v) is 6.62. The van der Waals surface area contributed by atoms with E-state index < -0.39 is 0 Å². The molecule has 200 valence electrons. The molecule has 0 unspecified atom stereocenters. The largest absolute Gasteiger partial charge is 0.493 e. The zero-order chi connectivity index (χ0) is 27.5. The number of rotatable bonds is 14. The molecule has 0 aliphatic carbocycles. The highest BCUT2D eigenvalue weighted by atomic mass is 16.5. The Kier molecular flexibility index (Phi) is 10.1.